The van der Waals surface area contributed by atoms with Crippen LogP contribution in [0, 0.1) is 6.92 Å². The summed E-state index contributed by atoms with van der Waals surface area (Å²) < 4.78 is 11.1. The molecule has 0 heterocycles. The van der Waals surface area contributed by atoms with Crippen LogP contribution in [0.2, 0.25) is 0 Å². The van der Waals surface area contributed by atoms with Gasteiger partial charge in [-0.1, -0.05) is 54.1 Å². The van der Waals surface area contributed by atoms with Crippen LogP contribution >= 0.6 is 7.60 Å². The molecule has 4 N–H and O–H groups in total. The molecule has 0 amide bonds. The molecule has 5 nitrogen and oxygen atoms in total. The highest BCUT2D eigenvalue weighted by Crippen LogP contribution is 2.38. The summed E-state index contributed by atoms with van der Waals surface area (Å²) in [7, 11) is -4.02. The molecule has 0 saturated heterocycles. The molecule has 2 aromatic carbocycles. The summed E-state index contributed by atoms with van der Waals surface area (Å²) in [4.78, 5) is 20.5. The predicted octanol–water partition coefficient (Wildman–Crippen LogP) is 3.02. The molecule has 0 aliphatic rings. The van der Waals surface area contributed by atoms with Gasteiger partial charge in [0.05, 0.1) is 6.16 Å². The van der Waals surface area contributed by atoms with Gasteiger partial charge in [0.1, 0.15) is 0 Å². The minimum Gasteiger partial charge on any atom is -0.330 e. The Bertz CT molecular complexity index is 696. The van der Waals surface area contributed by atoms with Gasteiger partial charge in [0.2, 0.25) is 0 Å². The van der Waals surface area contributed by atoms with Crippen LogP contribution in [0.1, 0.15) is 28.7 Å². The summed E-state index contributed by atoms with van der Waals surface area (Å²) in [5, 5.41) is 0. The zero-order chi connectivity index (χ0) is 18.3. The average Bonchev–Trinajstić information content (AvgIpc) is 2.55. The van der Waals surface area contributed by atoms with Gasteiger partial charge in [-0.05, 0) is 36.6 Å². The van der Waals surface area contributed by atoms with Gasteiger partial charge in [0.25, 0.3) is 0 Å². The lowest BCUT2D eigenvalue weighted by Crippen LogP contribution is -2.25. The number of benzene rings is 2. The van der Waals surface area contributed by atoms with E-state index in [0.717, 1.165) is 31.6 Å². The normalized spacial score (nSPS) is 11.9. The van der Waals surface area contributed by atoms with E-state index in [1.807, 2.05) is 12.1 Å². The topological polar surface area (TPSA) is 86.8 Å². The molecule has 25 heavy (non-hydrogen) atoms. The summed E-state index contributed by atoms with van der Waals surface area (Å²) in [6.45, 7) is 5.28. The van der Waals surface area contributed by atoms with Gasteiger partial charge < -0.3 is 15.5 Å². The highest BCUT2D eigenvalue weighted by Gasteiger charge is 2.14. The van der Waals surface area contributed by atoms with Crippen molar-refractivity contribution in [1.29, 1.82) is 0 Å². The largest absolute Gasteiger partial charge is 0.330 e. The van der Waals surface area contributed by atoms with Gasteiger partial charge in [-0.25, -0.2) is 0 Å². The third kappa shape index (κ3) is 7.51. The minimum absolute atomic E-state index is 0.215. The van der Waals surface area contributed by atoms with E-state index in [-0.39, 0.29) is 6.16 Å². The highest BCUT2D eigenvalue weighted by atomic mass is 31.2. The maximum absolute atomic E-state index is 11.1. The van der Waals surface area contributed by atoms with Crippen molar-refractivity contribution in [2.24, 2.45) is 5.73 Å². The molecule has 2 aromatic rings. The van der Waals surface area contributed by atoms with E-state index in [1.165, 1.54) is 11.1 Å². The second-order valence-corrected chi connectivity index (χ2v) is 8.12. The molecule has 0 unspecified atom stereocenters. The summed E-state index contributed by atoms with van der Waals surface area (Å²) >= 11 is 0. The number of hydrogen-bond donors (Lipinski definition) is 3. The van der Waals surface area contributed by atoms with Gasteiger partial charge >= 0.3 is 7.60 Å². The van der Waals surface area contributed by atoms with Crippen LogP contribution in [0.15, 0.2) is 48.5 Å². The summed E-state index contributed by atoms with van der Waals surface area (Å²) in [5.74, 6) is 0. The molecule has 0 spiro atoms. The maximum Gasteiger partial charge on any atom is 0.329 e. The first-order valence-electron chi connectivity index (χ1n) is 8.46. The Hall–Kier alpha value is -1.49. The summed E-state index contributed by atoms with van der Waals surface area (Å²) in [6, 6.07) is 16.0. The Labute approximate surface area is 149 Å². The minimum atomic E-state index is -4.02. The quantitative estimate of drug-likeness (QED) is 0.597. The van der Waals surface area contributed by atoms with E-state index >= 15 is 0 Å². The van der Waals surface area contributed by atoms with E-state index in [0.29, 0.717) is 12.1 Å². The first kappa shape index (κ1) is 19.8. The van der Waals surface area contributed by atoms with Crippen LogP contribution in [-0.2, 0) is 23.8 Å². The molecule has 0 aliphatic carbocycles. The zero-order valence-corrected chi connectivity index (χ0v) is 15.5. The Morgan fingerprint density at radius 3 is 1.88 bits per heavy atom. The fourth-order valence-corrected chi connectivity index (χ4v) is 3.41. The van der Waals surface area contributed by atoms with Crippen molar-refractivity contribution in [2.45, 2.75) is 32.6 Å². The van der Waals surface area contributed by atoms with E-state index < -0.39 is 7.60 Å². The van der Waals surface area contributed by atoms with Gasteiger partial charge in [-0.2, -0.15) is 0 Å². The van der Waals surface area contributed by atoms with Crippen molar-refractivity contribution in [1.82, 2.24) is 4.90 Å². The number of rotatable bonds is 9. The van der Waals surface area contributed by atoms with Crippen LogP contribution in [0.4, 0.5) is 0 Å². The van der Waals surface area contributed by atoms with Gasteiger partial charge in [-0.15, -0.1) is 0 Å². The lowest BCUT2D eigenvalue weighted by molar-refractivity contribution is 0.255. The van der Waals surface area contributed by atoms with Crippen molar-refractivity contribution < 1.29 is 14.4 Å². The summed E-state index contributed by atoms with van der Waals surface area (Å²) in [5.41, 5.74) is 9.95. The predicted molar refractivity (Wildman–Crippen MR) is 101 cm³/mol. The first-order chi connectivity index (χ1) is 11.9. The van der Waals surface area contributed by atoms with E-state index in [9.17, 15) is 4.57 Å². The Morgan fingerprint density at radius 2 is 1.40 bits per heavy atom. The SMILES string of the molecule is Cc1ccc(CN(CCCN)Cc2ccc(CP(=O)(O)O)cc2)cc1. The van der Waals surface area contributed by atoms with Crippen LogP contribution in [0.5, 0.6) is 0 Å². The van der Waals surface area contributed by atoms with Crippen molar-refractivity contribution in [3.63, 3.8) is 0 Å². The van der Waals surface area contributed by atoms with E-state index in [1.54, 1.807) is 12.1 Å². The molecule has 0 radical (unpaired) electrons. The van der Waals surface area contributed by atoms with Crippen LogP contribution in [0.25, 0.3) is 0 Å². The van der Waals surface area contributed by atoms with Crippen molar-refractivity contribution >= 4 is 7.60 Å². The molecule has 0 aromatic heterocycles. The Morgan fingerprint density at radius 1 is 0.920 bits per heavy atom. The standard InChI is InChI=1S/C19H27N2O3P/c1-16-3-5-17(6-4-16)13-21(12-2-11-20)14-18-7-9-19(10-8-18)15-25(22,23)24/h3-10H,2,11-15,20H2,1H3,(H2,22,23,24). The highest BCUT2D eigenvalue weighted by molar-refractivity contribution is 7.50. The van der Waals surface area contributed by atoms with Crippen molar-refractivity contribution in [2.75, 3.05) is 13.1 Å². The van der Waals surface area contributed by atoms with Crippen LogP contribution in [0.3, 0.4) is 0 Å². The molecule has 0 saturated carbocycles. The lowest BCUT2D eigenvalue weighted by atomic mass is 10.1. The van der Waals surface area contributed by atoms with E-state index in [4.69, 9.17) is 15.5 Å². The van der Waals surface area contributed by atoms with Crippen LogP contribution < -0.4 is 5.73 Å². The lowest BCUT2D eigenvalue weighted by Gasteiger charge is -2.22. The van der Waals surface area contributed by atoms with E-state index in [2.05, 4.69) is 36.1 Å². The number of hydrogen-bond acceptors (Lipinski definition) is 3. The molecular formula is C19H27N2O3P. The molecule has 0 bridgehead atoms. The second kappa shape index (κ2) is 9.27. The number of nitrogens with two attached hydrogens (primary N) is 1. The zero-order valence-electron chi connectivity index (χ0n) is 14.6. The smallest absolute Gasteiger partial charge is 0.329 e. The number of aryl methyl sites for hydroxylation is 1. The Kier molecular flexibility index (Phi) is 7.36. The molecule has 0 aliphatic heterocycles. The van der Waals surface area contributed by atoms with Gasteiger partial charge in [0, 0.05) is 19.6 Å². The molecule has 0 atom stereocenters. The molecule has 6 heteroatoms. The average molecular weight is 362 g/mol. The molecular weight excluding hydrogens is 335 g/mol. The van der Waals surface area contributed by atoms with Crippen LogP contribution in [-0.4, -0.2) is 27.8 Å². The van der Waals surface area contributed by atoms with Crippen molar-refractivity contribution in [3.8, 4) is 0 Å². The Balaban J connectivity index is 2.02. The van der Waals surface area contributed by atoms with Crippen molar-refractivity contribution in [3.05, 3.63) is 70.8 Å². The maximum atomic E-state index is 11.1. The molecule has 136 valence electrons. The van der Waals surface area contributed by atoms with Gasteiger partial charge in [-0.3, -0.25) is 9.46 Å². The fourth-order valence-electron chi connectivity index (χ4n) is 2.73. The van der Waals surface area contributed by atoms with Gasteiger partial charge in [0.15, 0.2) is 0 Å². The molecule has 0 fully saturated rings. The monoisotopic (exact) mass is 362 g/mol. The number of nitrogens with zero attached hydrogens (tertiary/aromatic N) is 1. The molecule has 2 rings (SSSR count). The third-order valence-electron chi connectivity index (χ3n) is 4.02. The first-order valence-corrected chi connectivity index (χ1v) is 10.3. The summed E-state index contributed by atoms with van der Waals surface area (Å²) in [6.07, 6.45) is 0.718. The third-order valence-corrected chi connectivity index (χ3v) is 4.80. The second-order valence-electron chi connectivity index (χ2n) is 6.48. The fraction of sp³-hybridized carbons (Fsp3) is 0.368.